The summed E-state index contributed by atoms with van der Waals surface area (Å²) in [6.45, 7) is 0. The maximum absolute atomic E-state index is 10.3. The van der Waals surface area contributed by atoms with E-state index >= 15 is 0 Å². The molecule has 0 atom stereocenters. The van der Waals surface area contributed by atoms with Gasteiger partial charge in [0.25, 0.3) is 0 Å². The number of hydrogen-bond donors (Lipinski definition) is 3. The number of rotatable bonds is 1. The highest BCUT2D eigenvalue weighted by Crippen LogP contribution is 2.26. The van der Waals surface area contributed by atoms with E-state index in [1.807, 2.05) is 0 Å². The fourth-order valence-electron chi connectivity index (χ4n) is 0.794. The van der Waals surface area contributed by atoms with Crippen LogP contribution in [0.15, 0.2) is 12.1 Å². The Morgan fingerprint density at radius 3 is 2.55 bits per heavy atom. The number of carbonyl (C=O) groups excluding carboxylic acids is 1. The van der Waals surface area contributed by atoms with Crippen LogP contribution in [0.2, 0.25) is 0 Å². The summed E-state index contributed by atoms with van der Waals surface area (Å²) >= 11 is 0. The van der Waals surface area contributed by atoms with Gasteiger partial charge in [0.05, 0.1) is 11.3 Å². The molecule has 0 radical (unpaired) electrons. The van der Waals surface area contributed by atoms with Crippen LogP contribution in [-0.4, -0.2) is 11.4 Å². The van der Waals surface area contributed by atoms with Crippen LogP contribution in [0.4, 0.5) is 11.4 Å². The number of hydrogen-bond acceptors (Lipinski definition) is 4. The monoisotopic (exact) mass is 152 g/mol. The van der Waals surface area contributed by atoms with Gasteiger partial charge in [-0.3, -0.25) is 4.79 Å². The molecule has 1 rings (SSSR count). The van der Waals surface area contributed by atoms with Gasteiger partial charge in [-0.15, -0.1) is 0 Å². The zero-order valence-electron chi connectivity index (χ0n) is 5.74. The molecule has 0 unspecified atom stereocenters. The highest BCUT2D eigenvalue weighted by atomic mass is 16.3. The second-order valence-corrected chi connectivity index (χ2v) is 2.17. The van der Waals surface area contributed by atoms with Crippen molar-refractivity contribution in [2.45, 2.75) is 0 Å². The standard InChI is InChI=1S/C7H8N2O2/c8-5-1-4(3-10)7(11)6(9)2-5/h1-3,11H,8-9H2. The van der Waals surface area contributed by atoms with Crippen LogP contribution in [0, 0.1) is 0 Å². The third kappa shape index (κ3) is 1.24. The third-order valence-corrected chi connectivity index (χ3v) is 1.32. The fraction of sp³-hybridized carbons (Fsp3) is 0. The summed E-state index contributed by atoms with van der Waals surface area (Å²) < 4.78 is 0. The molecule has 1 aromatic carbocycles. The number of nitrogens with two attached hydrogens (primary N) is 2. The van der Waals surface area contributed by atoms with Gasteiger partial charge < -0.3 is 16.6 Å². The van der Waals surface area contributed by atoms with E-state index in [0.717, 1.165) is 0 Å². The minimum atomic E-state index is -0.214. The molecule has 5 N–H and O–H groups in total. The van der Waals surface area contributed by atoms with Crippen LogP contribution in [0.5, 0.6) is 5.75 Å². The molecule has 0 amide bonds. The smallest absolute Gasteiger partial charge is 0.153 e. The zero-order valence-corrected chi connectivity index (χ0v) is 5.74. The van der Waals surface area contributed by atoms with Crippen molar-refractivity contribution in [2.75, 3.05) is 11.5 Å². The first-order valence-corrected chi connectivity index (χ1v) is 2.98. The van der Waals surface area contributed by atoms with Gasteiger partial charge in [-0.2, -0.15) is 0 Å². The molecule has 0 aliphatic rings. The number of phenols is 1. The van der Waals surface area contributed by atoms with E-state index in [1.54, 1.807) is 0 Å². The molecule has 1 aromatic rings. The SMILES string of the molecule is Nc1cc(N)c(O)c(C=O)c1. The molecule has 4 nitrogen and oxygen atoms in total. The van der Waals surface area contributed by atoms with Crippen molar-refractivity contribution < 1.29 is 9.90 Å². The molecular formula is C7H8N2O2. The number of benzene rings is 1. The Morgan fingerprint density at radius 1 is 1.36 bits per heavy atom. The van der Waals surface area contributed by atoms with Crippen LogP contribution >= 0.6 is 0 Å². The predicted molar refractivity (Wildman–Crippen MR) is 42.3 cm³/mol. The van der Waals surface area contributed by atoms with Crippen molar-refractivity contribution in [1.82, 2.24) is 0 Å². The van der Waals surface area contributed by atoms with Gasteiger partial charge in [0, 0.05) is 5.69 Å². The van der Waals surface area contributed by atoms with E-state index < -0.39 is 0 Å². The van der Waals surface area contributed by atoms with Crippen molar-refractivity contribution in [2.24, 2.45) is 0 Å². The Labute approximate surface area is 63.4 Å². The van der Waals surface area contributed by atoms with Crippen molar-refractivity contribution in [3.63, 3.8) is 0 Å². The number of nitrogen functional groups attached to an aromatic ring is 2. The largest absolute Gasteiger partial charge is 0.505 e. The zero-order chi connectivity index (χ0) is 8.43. The number of aromatic hydroxyl groups is 1. The number of aldehydes is 1. The number of phenolic OH excluding ortho intramolecular Hbond substituents is 1. The van der Waals surface area contributed by atoms with Gasteiger partial charge in [0.15, 0.2) is 6.29 Å². The van der Waals surface area contributed by atoms with Crippen molar-refractivity contribution >= 4 is 17.7 Å². The summed E-state index contributed by atoms with van der Waals surface area (Å²) in [7, 11) is 0. The topological polar surface area (TPSA) is 89.3 Å². The highest BCUT2D eigenvalue weighted by Gasteiger charge is 2.04. The fourth-order valence-corrected chi connectivity index (χ4v) is 0.794. The van der Waals surface area contributed by atoms with Crippen LogP contribution in [-0.2, 0) is 0 Å². The average Bonchev–Trinajstić information content (AvgIpc) is 1.96. The van der Waals surface area contributed by atoms with Crippen LogP contribution in [0.25, 0.3) is 0 Å². The van der Waals surface area contributed by atoms with Gasteiger partial charge in [-0.25, -0.2) is 0 Å². The summed E-state index contributed by atoms with van der Waals surface area (Å²) in [5.41, 5.74) is 11.3. The molecule has 11 heavy (non-hydrogen) atoms. The molecular weight excluding hydrogens is 144 g/mol. The summed E-state index contributed by atoms with van der Waals surface area (Å²) in [6.07, 6.45) is 0.502. The van der Waals surface area contributed by atoms with Crippen molar-refractivity contribution in [3.8, 4) is 5.75 Å². The third-order valence-electron chi connectivity index (χ3n) is 1.32. The average molecular weight is 152 g/mol. The highest BCUT2D eigenvalue weighted by molar-refractivity contribution is 5.85. The molecule has 58 valence electrons. The molecule has 0 aliphatic carbocycles. The lowest BCUT2D eigenvalue weighted by molar-refractivity contribution is 0.112. The first-order chi connectivity index (χ1) is 5.15. The molecule has 0 saturated carbocycles. The summed E-state index contributed by atoms with van der Waals surface area (Å²) in [6, 6.07) is 2.75. The first-order valence-electron chi connectivity index (χ1n) is 2.98. The minimum Gasteiger partial charge on any atom is -0.505 e. The van der Waals surface area contributed by atoms with E-state index in [9.17, 15) is 4.79 Å². The summed E-state index contributed by atoms with van der Waals surface area (Å²) in [4.78, 5) is 10.3. The van der Waals surface area contributed by atoms with E-state index in [4.69, 9.17) is 16.6 Å². The number of anilines is 2. The molecule has 0 heterocycles. The first kappa shape index (κ1) is 7.40. The second-order valence-electron chi connectivity index (χ2n) is 2.17. The van der Waals surface area contributed by atoms with Gasteiger partial charge in [-0.05, 0) is 12.1 Å². The second kappa shape index (κ2) is 2.49. The van der Waals surface area contributed by atoms with E-state index in [-0.39, 0.29) is 17.0 Å². The lowest BCUT2D eigenvalue weighted by Crippen LogP contribution is -1.94. The Balaban J connectivity index is 3.35. The van der Waals surface area contributed by atoms with E-state index in [1.165, 1.54) is 12.1 Å². The summed E-state index contributed by atoms with van der Waals surface area (Å²) in [5, 5.41) is 9.11. The predicted octanol–water partition coefficient (Wildman–Crippen LogP) is 0.369. The van der Waals surface area contributed by atoms with Gasteiger partial charge >= 0.3 is 0 Å². The van der Waals surface area contributed by atoms with Gasteiger partial charge in [0.2, 0.25) is 0 Å². The van der Waals surface area contributed by atoms with Crippen LogP contribution in [0.3, 0.4) is 0 Å². The van der Waals surface area contributed by atoms with E-state index in [0.29, 0.717) is 12.0 Å². The Bertz CT molecular complexity index is 297. The number of carbonyl (C=O) groups is 1. The Morgan fingerprint density at radius 2 is 2.00 bits per heavy atom. The van der Waals surface area contributed by atoms with Gasteiger partial charge in [0.1, 0.15) is 5.75 Å². The van der Waals surface area contributed by atoms with Crippen LogP contribution in [0.1, 0.15) is 10.4 Å². The minimum absolute atomic E-state index is 0.113. The lowest BCUT2D eigenvalue weighted by Gasteiger charge is -2.02. The van der Waals surface area contributed by atoms with Crippen molar-refractivity contribution in [1.29, 1.82) is 0 Å². The molecule has 0 saturated heterocycles. The maximum Gasteiger partial charge on any atom is 0.153 e. The summed E-state index contributed by atoms with van der Waals surface area (Å²) in [5.74, 6) is -0.214. The molecule has 0 bridgehead atoms. The molecule has 0 aromatic heterocycles. The van der Waals surface area contributed by atoms with Gasteiger partial charge in [-0.1, -0.05) is 0 Å². The Hall–Kier alpha value is -1.71. The van der Waals surface area contributed by atoms with Crippen molar-refractivity contribution in [3.05, 3.63) is 17.7 Å². The lowest BCUT2D eigenvalue weighted by atomic mass is 10.1. The molecule has 0 spiro atoms. The molecule has 4 heteroatoms. The van der Waals surface area contributed by atoms with E-state index in [2.05, 4.69) is 0 Å². The normalized spacial score (nSPS) is 9.45. The molecule has 0 aliphatic heterocycles. The quantitative estimate of drug-likeness (QED) is 0.235. The van der Waals surface area contributed by atoms with Crippen LogP contribution < -0.4 is 11.5 Å². The Kier molecular flexibility index (Phi) is 1.68. The molecule has 0 fully saturated rings. The maximum atomic E-state index is 10.3.